The predicted molar refractivity (Wildman–Crippen MR) is 73.8 cm³/mol. The van der Waals surface area contributed by atoms with Gasteiger partial charge in [0.15, 0.2) is 0 Å². The predicted octanol–water partition coefficient (Wildman–Crippen LogP) is 2.12. The first-order valence-corrected chi connectivity index (χ1v) is 6.33. The van der Waals surface area contributed by atoms with Gasteiger partial charge < -0.3 is 14.7 Å². The summed E-state index contributed by atoms with van der Waals surface area (Å²) in [4.78, 5) is 24.8. The summed E-state index contributed by atoms with van der Waals surface area (Å²) in [5.74, 6) is -0.699. The Morgan fingerprint density at radius 3 is 2.65 bits per heavy atom. The van der Waals surface area contributed by atoms with Gasteiger partial charge in [-0.1, -0.05) is 6.08 Å². The topological polar surface area (TPSA) is 66.8 Å². The lowest BCUT2D eigenvalue weighted by Crippen LogP contribution is -2.38. The molecule has 5 heteroatoms. The number of carboxylic acids is 1. The van der Waals surface area contributed by atoms with Crippen LogP contribution in [0.5, 0.6) is 5.75 Å². The highest BCUT2D eigenvalue weighted by atomic mass is 16.5. The number of aliphatic carboxylic acids is 1. The third-order valence-electron chi connectivity index (χ3n) is 3.57. The Labute approximate surface area is 117 Å². The summed E-state index contributed by atoms with van der Waals surface area (Å²) in [5.41, 5.74) is 2.33. The lowest BCUT2D eigenvalue weighted by Gasteiger charge is -2.21. The molecule has 1 aliphatic rings. The van der Waals surface area contributed by atoms with Crippen LogP contribution in [0.4, 0.5) is 0 Å². The number of carbonyl (C=O) groups is 2. The van der Waals surface area contributed by atoms with Crippen LogP contribution in [0.15, 0.2) is 24.4 Å². The minimum atomic E-state index is -1.00. The van der Waals surface area contributed by atoms with Crippen molar-refractivity contribution in [1.82, 2.24) is 4.90 Å². The minimum Gasteiger partial charge on any atom is -0.496 e. The summed E-state index contributed by atoms with van der Waals surface area (Å²) < 4.78 is 5.25. The van der Waals surface area contributed by atoms with E-state index in [1.165, 1.54) is 11.1 Å². The molecule has 2 rings (SSSR count). The fourth-order valence-electron chi connectivity index (χ4n) is 2.26. The summed E-state index contributed by atoms with van der Waals surface area (Å²) in [6.07, 6.45) is 3.56. The molecule has 1 atom stereocenters. The van der Waals surface area contributed by atoms with Crippen molar-refractivity contribution in [3.8, 4) is 5.75 Å². The Morgan fingerprint density at radius 2 is 2.05 bits per heavy atom. The van der Waals surface area contributed by atoms with Crippen LogP contribution in [0.2, 0.25) is 0 Å². The number of hydrogen-bond acceptors (Lipinski definition) is 3. The Hall–Kier alpha value is -2.30. The number of benzene rings is 1. The molecule has 20 heavy (non-hydrogen) atoms. The maximum Gasteiger partial charge on any atom is 0.327 e. The molecule has 1 heterocycles. The average Bonchev–Trinajstić information content (AvgIpc) is 2.90. The maximum atomic E-state index is 12.4. The Morgan fingerprint density at radius 1 is 1.35 bits per heavy atom. The molecule has 0 unspecified atom stereocenters. The van der Waals surface area contributed by atoms with Crippen molar-refractivity contribution < 1.29 is 19.4 Å². The van der Waals surface area contributed by atoms with Crippen LogP contribution in [0.25, 0.3) is 0 Å². The molecular weight excluding hydrogens is 258 g/mol. The maximum absolute atomic E-state index is 12.4. The zero-order valence-electron chi connectivity index (χ0n) is 11.7. The summed E-state index contributed by atoms with van der Waals surface area (Å²) in [7, 11) is 1.55. The van der Waals surface area contributed by atoms with Gasteiger partial charge in [0.25, 0.3) is 5.91 Å². The van der Waals surface area contributed by atoms with E-state index in [2.05, 4.69) is 0 Å². The van der Waals surface area contributed by atoms with Gasteiger partial charge in [-0.15, -0.1) is 0 Å². The number of methoxy groups -OCH3 is 1. The monoisotopic (exact) mass is 275 g/mol. The molecule has 1 aromatic carbocycles. The Balaban J connectivity index is 2.36. The van der Waals surface area contributed by atoms with Crippen molar-refractivity contribution in [1.29, 1.82) is 0 Å². The summed E-state index contributed by atoms with van der Waals surface area (Å²) in [5, 5.41) is 9.12. The van der Waals surface area contributed by atoms with Gasteiger partial charge in [-0.05, 0) is 43.5 Å². The van der Waals surface area contributed by atoms with Gasteiger partial charge in [-0.3, -0.25) is 4.79 Å². The van der Waals surface area contributed by atoms with Gasteiger partial charge in [0.2, 0.25) is 0 Å². The normalized spacial score (nSPS) is 17.4. The van der Waals surface area contributed by atoms with E-state index in [-0.39, 0.29) is 5.91 Å². The zero-order chi connectivity index (χ0) is 14.9. The van der Waals surface area contributed by atoms with Crippen molar-refractivity contribution in [3.63, 3.8) is 0 Å². The molecule has 0 aliphatic carbocycles. The first-order valence-electron chi connectivity index (χ1n) is 6.33. The van der Waals surface area contributed by atoms with Crippen molar-refractivity contribution in [3.05, 3.63) is 41.1 Å². The Bertz CT molecular complexity index is 592. The number of hydrogen-bond donors (Lipinski definition) is 1. The molecule has 0 aromatic heterocycles. The number of nitrogens with zero attached hydrogens (tertiary/aromatic N) is 1. The number of carboxylic acid groups (broad SMARTS) is 1. The molecule has 5 nitrogen and oxygen atoms in total. The third kappa shape index (κ3) is 2.39. The molecule has 0 spiro atoms. The number of aryl methyl sites for hydroxylation is 1. The fourth-order valence-corrected chi connectivity index (χ4v) is 2.26. The molecule has 106 valence electrons. The molecule has 1 aromatic rings. The molecule has 0 radical (unpaired) electrons. The summed E-state index contributed by atoms with van der Waals surface area (Å²) >= 11 is 0. The fraction of sp³-hybridized carbons (Fsp3) is 0.333. The first kappa shape index (κ1) is 14.1. The van der Waals surface area contributed by atoms with Crippen LogP contribution in [0, 0.1) is 13.8 Å². The second-order valence-electron chi connectivity index (χ2n) is 4.81. The number of carbonyl (C=O) groups excluding carboxylic acids is 1. The van der Waals surface area contributed by atoms with Crippen molar-refractivity contribution in [2.75, 3.05) is 7.11 Å². The first-order chi connectivity index (χ1) is 9.45. The van der Waals surface area contributed by atoms with E-state index in [0.29, 0.717) is 17.7 Å². The van der Waals surface area contributed by atoms with E-state index in [0.717, 1.165) is 11.1 Å². The van der Waals surface area contributed by atoms with Gasteiger partial charge in [0, 0.05) is 11.8 Å². The lowest BCUT2D eigenvalue weighted by molar-refractivity contribution is -0.141. The molecule has 1 amide bonds. The van der Waals surface area contributed by atoms with Crippen LogP contribution in [-0.4, -0.2) is 35.0 Å². The number of rotatable bonds is 3. The van der Waals surface area contributed by atoms with Gasteiger partial charge >= 0.3 is 5.97 Å². The van der Waals surface area contributed by atoms with Crippen LogP contribution >= 0.6 is 0 Å². The van der Waals surface area contributed by atoms with Crippen LogP contribution in [0.3, 0.4) is 0 Å². The highest BCUT2D eigenvalue weighted by Crippen LogP contribution is 2.26. The van der Waals surface area contributed by atoms with Gasteiger partial charge in [-0.2, -0.15) is 0 Å². The molecule has 1 aliphatic heterocycles. The molecule has 0 fully saturated rings. The van der Waals surface area contributed by atoms with Crippen LogP contribution in [-0.2, 0) is 4.79 Å². The van der Waals surface area contributed by atoms with E-state index in [1.807, 2.05) is 13.8 Å². The molecule has 0 saturated heterocycles. The van der Waals surface area contributed by atoms with Gasteiger partial charge in [0.1, 0.15) is 11.8 Å². The summed E-state index contributed by atoms with van der Waals surface area (Å²) in [6.45, 7) is 3.81. The Kier molecular flexibility index (Phi) is 3.79. The molecular formula is C15H17NO4. The van der Waals surface area contributed by atoms with E-state index >= 15 is 0 Å². The van der Waals surface area contributed by atoms with Gasteiger partial charge in [0.05, 0.1) is 7.11 Å². The minimum absolute atomic E-state index is 0.326. The van der Waals surface area contributed by atoms with Gasteiger partial charge in [-0.25, -0.2) is 4.79 Å². The smallest absolute Gasteiger partial charge is 0.327 e. The summed E-state index contributed by atoms with van der Waals surface area (Å²) in [6, 6.07) is 2.58. The van der Waals surface area contributed by atoms with Crippen molar-refractivity contribution in [2.45, 2.75) is 26.3 Å². The SMILES string of the molecule is COc1cc(C(=O)N2C=CC[C@H]2C(=O)O)cc(C)c1C. The second-order valence-corrected chi connectivity index (χ2v) is 4.81. The second kappa shape index (κ2) is 5.36. The van der Waals surface area contributed by atoms with E-state index in [1.54, 1.807) is 25.3 Å². The highest BCUT2D eigenvalue weighted by molar-refractivity contribution is 5.98. The van der Waals surface area contributed by atoms with E-state index in [9.17, 15) is 9.59 Å². The van der Waals surface area contributed by atoms with Crippen molar-refractivity contribution in [2.24, 2.45) is 0 Å². The molecule has 1 N–H and O–H groups in total. The molecule has 0 bridgehead atoms. The van der Waals surface area contributed by atoms with Crippen LogP contribution in [0.1, 0.15) is 27.9 Å². The van der Waals surface area contributed by atoms with Crippen molar-refractivity contribution >= 4 is 11.9 Å². The highest BCUT2D eigenvalue weighted by Gasteiger charge is 2.31. The number of amides is 1. The van der Waals surface area contributed by atoms with Crippen LogP contribution < -0.4 is 4.74 Å². The zero-order valence-corrected chi connectivity index (χ0v) is 11.7. The largest absolute Gasteiger partial charge is 0.496 e. The molecule has 0 saturated carbocycles. The lowest BCUT2D eigenvalue weighted by atomic mass is 10.0. The quantitative estimate of drug-likeness (QED) is 0.917. The van der Waals surface area contributed by atoms with E-state index < -0.39 is 12.0 Å². The standard InChI is InChI=1S/C15H17NO4/c1-9-7-11(8-13(20-3)10(9)2)14(17)16-6-4-5-12(16)15(18)19/h4,6-8,12H,5H2,1-3H3,(H,18,19)/t12-/m0/s1. The third-order valence-corrected chi connectivity index (χ3v) is 3.57. The number of ether oxygens (including phenoxy) is 1. The average molecular weight is 275 g/mol. The van der Waals surface area contributed by atoms with E-state index in [4.69, 9.17) is 9.84 Å².